The molecular formula is C12H16O. The highest BCUT2D eigenvalue weighted by Crippen LogP contribution is 2.21. The molecule has 0 aliphatic rings. The molecule has 13 heavy (non-hydrogen) atoms. The number of hydrogen-bond donors (Lipinski definition) is 1. The third kappa shape index (κ3) is 2.11. The van der Waals surface area contributed by atoms with Crippen molar-refractivity contribution < 1.29 is 5.11 Å². The van der Waals surface area contributed by atoms with E-state index >= 15 is 0 Å². The molecule has 1 aromatic rings. The van der Waals surface area contributed by atoms with E-state index in [1.807, 2.05) is 12.1 Å². The Balaban J connectivity index is 3.13. The molecule has 1 nitrogen and oxygen atoms in total. The fourth-order valence-corrected chi connectivity index (χ4v) is 1.50. The predicted octanol–water partition coefficient (Wildman–Crippen LogP) is 3.65. The molecule has 0 fully saturated rings. The van der Waals surface area contributed by atoms with Crippen LogP contribution in [-0.4, -0.2) is 5.11 Å². The molecule has 0 heterocycles. The Hall–Kier alpha value is -1.24. The highest BCUT2D eigenvalue weighted by molar-refractivity contribution is 5.57. The van der Waals surface area contributed by atoms with Crippen molar-refractivity contribution in [1.82, 2.24) is 0 Å². The molecule has 0 bridgehead atoms. The molecule has 0 saturated heterocycles. The largest absolute Gasteiger partial charge is 0.508 e. The van der Waals surface area contributed by atoms with Gasteiger partial charge in [-0.2, -0.15) is 0 Å². The van der Waals surface area contributed by atoms with E-state index in [1.54, 1.807) is 0 Å². The van der Waals surface area contributed by atoms with Crippen LogP contribution < -0.4 is 0 Å². The molecule has 1 rings (SSSR count). The standard InChI is InChI=1S/C12H16O/c1-8(2)12-6-5-11(10(4)13)7-9(12)3/h5-8,13H,4H2,1-3H3. The lowest BCUT2D eigenvalue weighted by molar-refractivity contribution is 0.513. The van der Waals surface area contributed by atoms with Gasteiger partial charge in [-0.15, -0.1) is 0 Å². The number of aliphatic hydroxyl groups excluding tert-OH is 1. The molecule has 0 aliphatic heterocycles. The Bertz CT molecular complexity index is 324. The summed E-state index contributed by atoms with van der Waals surface area (Å²) in [7, 11) is 0. The van der Waals surface area contributed by atoms with E-state index in [1.165, 1.54) is 11.1 Å². The van der Waals surface area contributed by atoms with Gasteiger partial charge in [0.25, 0.3) is 0 Å². The van der Waals surface area contributed by atoms with Gasteiger partial charge < -0.3 is 5.11 Å². The highest BCUT2D eigenvalue weighted by atomic mass is 16.3. The van der Waals surface area contributed by atoms with Crippen LogP contribution in [0.25, 0.3) is 5.76 Å². The molecular weight excluding hydrogens is 160 g/mol. The first-order valence-corrected chi connectivity index (χ1v) is 4.51. The molecule has 0 spiro atoms. The maximum absolute atomic E-state index is 9.18. The van der Waals surface area contributed by atoms with Gasteiger partial charge in [-0.1, -0.05) is 32.6 Å². The van der Waals surface area contributed by atoms with Gasteiger partial charge in [-0.3, -0.25) is 0 Å². The number of rotatable bonds is 2. The Kier molecular flexibility index (Phi) is 2.76. The summed E-state index contributed by atoms with van der Waals surface area (Å²) in [6.07, 6.45) is 0. The van der Waals surface area contributed by atoms with E-state index < -0.39 is 0 Å². The second-order valence-electron chi connectivity index (χ2n) is 3.67. The number of aryl methyl sites for hydroxylation is 1. The Morgan fingerprint density at radius 1 is 1.38 bits per heavy atom. The SMILES string of the molecule is C=C(O)c1ccc(C(C)C)c(C)c1. The molecule has 0 aliphatic carbocycles. The van der Waals surface area contributed by atoms with Gasteiger partial charge >= 0.3 is 0 Å². The molecule has 1 aromatic carbocycles. The summed E-state index contributed by atoms with van der Waals surface area (Å²) in [5.74, 6) is 0.666. The zero-order valence-corrected chi connectivity index (χ0v) is 8.46. The minimum absolute atomic E-state index is 0.137. The molecule has 0 saturated carbocycles. The van der Waals surface area contributed by atoms with Crippen molar-refractivity contribution in [2.75, 3.05) is 0 Å². The quantitative estimate of drug-likeness (QED) is 0.682. The van der Waals surface area contributed by atoms with E-state index in [2.05, 4.69) is 33.4 Å². The number of benzene rings is 1. The summed E-state index contributed by atoms with van der Waals surface area (Å²) < 4.78 is 0. The van der Waals surface area contributed by atoms with Crippen molar-refractivity contribution in [3.63, 3.8) is 0 Å². The van der Waals surface area contributed by atoms with Crippen LogP contribution in [0.3, 0.4) is 0 Å². The van der Waals surface area contributed by atoms with Gasteiger partial charge in [-0.25, -0.2) is 0 Å². The van der Waals surface area contributed by atoms with E-state index in [0.717, 1.165) is 5.56 Å². The lowest BCUT2D eigenvalue weighted by atomic mass is 9.96. The van der Waals surface area contributed by atoms with Crippen molar-refractivity contribution >= 4 is 5.76 Å². The van der Waals surface area contributed by atoms with Crippen molar-refractivity contribution in [3.05, 3.63) is 41.5 Å². The first-order valence-electron chi connectivity index (χ1n) is 4.51. The predicted molar refractivity (Wildman–Crippen MR) is 56.9 cm³/mol. The van der Waals surface area contributed by atoms with Crippen molar-refractivity contribution in [2.24, 2.45) is 0 Å². The van der Waals surface area contributed by atoms with Gasteiger partial charge in [0.05, 0.1) is 0 Å². The monoisotopic (exact) mass is 176 g/mol. The molecule has 0 radical (unpaired) electrons. The minimum atomic E-state index is 0.137. The molecule has 0 atom stereocenters. The second kappa shape index (κ2) is 3.65. The van der Waals surface area contributed by atoms with E-state index in [0.29, 0.717) is 5.92 Å². The third-order valence-electron chi connectivity index (χ3n) is 2.23. The number of aliphatic hydroxyl groups is 1. The highest BCUT2D eigenvalue weighted by Gasteiger charge is 2.04. The van der Waals surface area contributed by atoms with Crippen LogP contribution in [-0.2, 0) is 0 Å². The van der Waals surface area contributed by atoms with Gasteiger partial charge in [0.1, 0.15) is 5.76 Å². The van der Waals surface area contributed by atoms with Crippen LogP contribution in [0.15, 0.2) is 24.8 Å². The Morgan fingerprint density at radius 3 is 2.38 bits per heavy atom. The maximum atomic E-state index is 9.18. The second-order valence-corrected chi connectivity index (χ2v) is 3.67. The van der Waals surface area contributed by atoms with Gasteiger partial charge in [0, 0.05) is 5.56 Å². The smallest absolute Gasteiger partial charge is 0.115 e. The van der Waals surface area contributed by atoms with Crippen molar-refractivity contribution in [2.45, 2.75) is 26.7 Å². The first-order chi connectivity index (χ1) is 6.02. The molecule has 70 valence electrons. The molecule has 0 unspecified atom stereocenters. The average Bonchev–Trinajstić information content (AvgIpc) is 2.03. The van der Waals surface area contributed by atoms with Crippen LogP contribution in [0, 0.1) is 6.92 Å². The molecule has 1 heteroatoms. The zero-order valence-electron chi connectivity index (χ0n) is 8.46. The van der Waals surface area contributed by atoms with E-state index in [4.69, 9.17) is 0 Å². The normalized spacial score (nSPS) is 10.5. The van der Waals surface area contributed by atoms with E-state index in [-0.39, 0.29) is 5.76 Å². The zero-order chi connectivity index (χ0) is 10.0. The van der Waals surface area contributed by atoms with Gasteiger partial charge in [0.15, 0.2) is 0 Å². The summed E-state index contributed by atoms with van der Waals surface area (Å²) in [5, 5.41) is 9.18. The fraction of sp³-hybridized carbons (Fsp3) is 0.333. The van der Waals surface area contributed by atoms with Crippen LogP contribution in [0.4, 0.5) is 0 Å². The lowest BCUT2D eigenvalue weighted by Crippen LogP contribution is -1.93. The first kappa shape index (κ1) is 9.85. The molecule has 0 aromatic heterocycles. The van der Waals surface area contributed by atoms with Crippen molar-refractivity contribution in [1.29, 1.82) is 0 Å². The third-order valence-corrected chi connectivity index (χ3v) is 2.23. The average molecular weight is 176 g/mol. The maximum Gasteiger partial charge on any atom is 0.115 e. The van der Waals surface area contributed by atoms with Crippen LogP contribution in [0.2, 0.25) is 0 Å². The number of hydrogen-bond acceptors (Lipinski definition) is 1. The van der Waals surface area contributed by atoms with Gasteiger partial charge in [-0.05, 0) is 30.0 Å². The summed E-state index contributed by atoms with van der Waals surface area (Å²) in [6, 6.07) is 5.93. The van der Waals surface area contributed by atoms with Gasteiger partial charge in [0.2, 0.25) is 0 Å². The summed E-state index contributed by atoms with van der Waals surface area (Å²) in [5.41, 5.74) is 3.34. The Morgan fingerprint density at radius 2 is 2.00 bits per heavy atom. The summed E-state index contributed by atoms with van der Waals surface area (Å²) >= 11 is 0. The van der Waals surface area contributed by atoms with Crippen LogP contribution >= 0.6 is 0 Å². The van der Waals surface area contributed by atoms with E-state index in [9.17, 15) is 5.11 Å². The fourth-order valence-electron chi connectivity index (χ4n) is 1.50. The van der Waals surface area contributed by atoms with Crippen LogP contribution in [0.5, 0.6) is 0 Å². The lowest BCUT2D eigenvalue weighted by Gasteiger charge is -2.10. The molecule has 1 N–H and O–H groups in total. The molecule has 0 amide bonds. The van der Waals surface area contributed by atoms with Crippen LogP contribution in [0.1, 0.15) is 36.5 Å². The summed E-state index contributed by atoms with van der Waals surface area (Å²) in [6.45, 7) is 9.88. The summed E-state index contributed by atoms with van der Waals surface area (Å²) in [4.78, 5) is 0. The van der Waals surface area contributed by atoms with Crippen molar-refractivity contribution in [3.8, 4) is 0 Å². The minimum Gasteiger partial charge on any atom is -0.508 e. The topological polar surface area (TPSA) is 20.2 Å². The Labute approximate surface area is 79.7 Å².